The van der Waals surface area contributed by atoms with Crippen LogP contribution in [0.2, 0.25) is 0 Å². The van der Waals surface area contributed by atoms with Gasteiger partial charge in [-0.05, 0) is 50.8 Å². The lowest BCUT2D eigenvalue weighted by molar-refractivity contribution is 0.314. The van der Waals surface area contributed by atoms with Gasteiger partial charge in [0.1, 0.15) is 6.54 Å². The van der Waals surface area contributed by atoms with Crippen molar-refractivity contribution in [1.29, 1.82) is 0 Å². The van der Waals surface area contributed by atoms with Gasteiger partial charge in [0.25, 0.3) is 0 Å². The second-order valence-electron chi connectivity index (χ2n) is 7.00. The Morgan fingerprint density at radius 1 is 1.23 bits per heavy atom. The molecule has 1 aliphatic heterocycles. The van der Waals surface area contributed by atoms with Crippen molar-refractivity contribution >= 4 is 35.6 Å². The van der Waals surface area contributed by atoms with Crippen LogP contribution in [0.25, 0.3) is 5.65 Å². The molecule has 4 rings (SSSR count). The summed E-state index contributed by atoms with van der Waals surface area (Å²) in [6.07, 6.45) is 6.07. The first kappa shape index (κ1) is 19.3. The lowest BCUT2D eigenvalue weighted by Gasteiger charge is -2.16. The van der Waals surface area contributed by atoms with Gasteiger partial charge in [-0.25, -0.2) is 4.99 Å². The molecule has 1 aliphatic carbocycles. The molecule has 142 valence electrons. The number of rotatable bonds is 6. The van der Waals surface area contributed by atoms with Gasteiger partial charge >= 0.3 is 0 Å². The first-order valence-corrected chi connectivity index (χ1v) is 9.38. The molecule has 8 heteroatoms. The highest BCUT2D eigenvalue weighted by Crippen LogP contribution is 2.31. The predicted octanol–water partition coefficient (Wildman–Crippen LogP) is 1.89. The number of aromatic nitrogens is 3. The summed E-state index contributed by atoms with van der Waals surface area (Å²) in [6, 6.07) is 6.79. The highest BCUT2D eigenvalue weighted by atomic mass is 127. The van der Waals surface area contributed by atoms with Crippen molar-refractivity contribution in [3.8, 4) is 0 Å². The summed E-state index contributed by atoms with van der Waals surface area (Å²) in [6.45, 7) is 6.93. The maximum absolute atomic E-state index is 4.69. The van der Waals surface area contributed by atoms with E-state index in [1.165, 1.54) is 32.4 Å². The third-order valence-electron chi connectivity index (χ3n) is 5.05. The highest BCUT2D eigenvalue weighted by molar-refractivity contribution is 14.0. The highest BCUT2D eigenvalue weighted by Gasteiger charge is 2.34. The van der Waals surface area contributed by atoms with E-state index in [2.05, 4.69) is 32.7 Å². The summed E-state index contributed by atoms with van der Waals surface area (Å²) in [5.74, 6) is 2.44. The Hall–Kier alpha value is -1.42. The first-order valence-electron chi connectivity index (χ1n) is 9.38. The number of guanidine groups is 1. The van der Waals surface area contributed by atoms with Crippen LogP contribution < -0.4 is 10.6 Å². The topological polar surface area (TPSA) is 69.8 Å². The average molecular weight is 469 g/mol. The van der Waals surface area contributed by atoms with Crippen LogP contribution in [0.5, 0.6) is 0 Å². The van der Waals surface area contributed by atoms with Crippen molar-refractivity contribution in [2.24, 2.45) is 10.9 Å². The Kier molecular flexibility index (Phi) is 6.68. The van der Waals surface area contributed by atoms with Crippen LogP contribution >= 0.6 is 24.0 Å². The number of halogens is 1. The molecule has 1 saturated heterocycles. The summed E-state index contributed by atoms with van der Waals surface area (Å²) in [5, 5.41) is 15.3. The van der Waals surface area contributed by atoms with Crippen molar-refractivity contribution in [1.82, 2.24) is 30.1 Å². The normalized spacial score (nSPS) is 21.0. The fourth-order valence-corrected chi connectivity index (χ4v) is 3.53. The van der Waals surface area contributed by atoms with Crippen molar-refractivity contribution in [3.63, 3.8) is 0 Å². The molecule has 0 radical (unpaired) electrons. The predicted molar refractivity (Wildman–Crippen MR) is 114 cm³/mol. The molecule has 0 bridgehead atoms. The molecule has 1 unspecified atom stereocenters. The van der Waals surface area contributed by atoms with Gasteiger partial charge in [0.2, 0.25) is 0 Å². The SMILES string of the molecule is CCNC(=NCc1nnc2ccccn12)NCC1CCN(C2CC2)C1.I. The molecule has 2 fully saturated rings. The minimum absolute atomic E-state index is 0. The van der Waals surface area contributed by atoms with E-state index in [4.69, 9.17) is 4.99 Å². The van der Waals surface area contributed by atoms with Crippen LogP contribution in [-0.2, 0) is 6.54 Å². The van der Waals surface area contributed by atoms with Crippen molar-refractivity contribution in [2.75, 3.05) is 26.2 Å². The van der Waals surface area contributed by atoms with E-state index in [9.17, 15) is 0 Å². The van der Waals surface area contributed by atoms with Gasteiger partial charge in [0.05, 0.1) is 0 Å². The second-order valence-corrected chi connectivity index (χ2v) is 7.00. The van der Waals surface area contributed by atoms with Crippen LogP contribution in [0.15, 0.2) is 29.4 Å². The standard InChI is InChI=1S/C18H27N7.HI/c1-2-19-18(20-11-14-8-10-24(13-14)15-6-7-15)21-12-17-23-22-16-5-3-4-9-25(16)17;/h3-5,9,14-15H,2,6-8,10-13H2,1H3,(H2,19,20,21);1H. The van der Waals surface area contributed by atoms with E-state index in [0.29, 0.717) is 6.54 Å². The Labute approximate surface area is 171 Å². The summed E-state index contributed by atoms with van der Waals surface area (Å²) >= 11 is 0. The first-order chi connectivity index (χ1) is 12.3. The molecule has 1 saturated carbocycles. The summed E-state index contributed by atoms with van der Waals surface area (Å²) in [4.78, 5) is 7.34. The molecule has 2 aromatic heterocycles. The van der Waals surface area contributed by atoms with Gasteiger partial charge in [0, 0.05) is 31.9 Å². The number of likely N-dealkylation sites (tertiary alicyclic amines) is 1. The molecule has 2 N–H and O–H groups in total. The van der Waals surface area contributed by atoms with Gasteiger partial charge in [-0.15, -0.1) is 34.2 Å². The summed E-state index contributed by atoms with van der Waals surface area (Å²) in [7, 11) is 0. The van der Waals surface area contributed by atoms with Crippen molar-refractivity contribution < 1.29 is 0 Å². The second kappa shape index (κ2) is 8.98. The number of nitrogens with zero attached hydrogens (tertiary/aromatic N) is 5. The van der Waals surface area contributed by atoms with Crippen molar-refractivity contribution in [2.45, 2.75) is 38.8 Å². The van der Waals surface area contributed by atoms with Crippen LogP contribution in [-0.4, -0.2) is 57.7 Å². The van der Waals surface area contributed by atoms with E-state index < -0.39 is 0 Å². The minimum atomic E-state index is 0. The summed E-state index contributed by atoms with van der Waals surface area (Å²) < 4.78 is 1.98. The maximum atomic E-state index is 4.69. The number of nitrogens with one attached hydrogen (secondary N) is 2. The van der Waals surface area contributed by atoms with Gasteiger partial charge in [-0.1, -0.05) is 6.07 Å². The number of hydrogen-bond donors (Lipinski definition) is 2. The van der Waals surface area contributed by atoms with E-state index in [-0.39, 0.29) is 24.0 Å². The number of fused-ring (bicyclic) bond motifs is 1. The van der Waals surface area contributed by atoms with Gasteiger partial charge < -0.3 is 15.5 Å². The molecular formula is C18H28IN7. The van der Waals surface area contributed by atoms with Crippen LogP contribution in [0, 0.1) is 5.92 Å². The lowest BCUT2D eigenvalue weighted by atomic mass is 10.1. The Morgan fingerprint density at radius 3 is 2.92 bits per heavy atom. The van der Waals surface area contributed by atoms with E-state index in [1.807, 2.05) is 28.8 Å². The van der Waals surface area contributed by atoms with Crippen LogP contribution in [0.4, 0.5) is 0 Å². The summed E-state index contributed by atoms with van der Waals surface area (Å²) in [5.41, 5.74) is 0.858. The fraction of sp³-hybridized carbons (Fsp3) is 0.611. The molecule has 2 aromatic rings. The molecule has 7 nitrogen and oxygen atoms in total. The smallest absolute Gasteiger partial charge is 0.191 e. The molecule has 3 heterocycles. The van der Waals surface area contributed by atoms with E-state index in [0.717, 1.165) is 42.5 Å². The molecule has 0 amide bonds. The minimum Gasteiger partial charge on any atom is -0.357 e. The largest absolute Gasteiger partial charge is 0.357 e. The van der Waals surface area contributed by atoms with E-state index in [1.54, 1.807) is 0 Å². The van der Waals surface area contributed by atoms with Crippen LogP contribution in [0.3, 0.4) is 0 Å². The molecular weight excluding hydrogens is 441 g/mol. The third kappa shape index (κ3) is 4.64. The van der Waals surface area contributed by atoms with Crippen molar-refractivity contribution in [3.05, 3.63) is 30.2 Å². The third-order valence-corrected chi connectivity index (χ3v) is 5.05. The molecule has 0 spiro atoms. The zero-order valence-corrected chi connectivity index (χ0v) is 17.6. The van der Waals surface area contributed by atoms with Gasteiger partial charge in [-0.2, -0.15) is 0 Å². The van der Waals surface area contributed by atoms with Gasteiger partial charge in [-0.3, -0.25) is 4.40 Å². The quantitative estimate of drug-likeness (QED) is 0.384. The molecule has 0 aromatic carbocycles. The number of hydrogen-bond acceptors (Lipinski definition) is 4. The Morgan fingerprint density at radius 2 is 2.12 bits per heavy atom. The maximum Gasteiger partial charge on any atom is 0.191 e. The van der Waals surface area contributed by atoms with E-state index >= 15 is 0 Å². The fourth-order valence-electron chi connectivity index (χ4n) is 3.53. The van der Waals surface area contributed by atoms with Crippen LogP contribution in [0.1, 0.15) is 32.0 Å². The molecule has 2 aliphatic rings. The number of pyridine rings is 1. The number of aliphatic imine (C=N–C) groups is 1. The zero-order chi connectivity index (χ0) is 17.1. The monoisotopic (exact) mass is 469 g/mol. The Balaban J connectivity index is 0.00000196. The molecule has 1 atom stereocenters. The lowest BCUT2D eigenvalue weighted by Crippen LogP contribution is -2.40. The zero-order valence-electron chi connectivity index (χ0n) is 15.3. The van der Waals surface area contributed by atoms with Gasteiger partial charge in [0.15, 0.2) is 17.4 Å². The molecule has 26 heavy (non-hydrogen) atoms. The average Bonchev–Trinajstić information content (AvgIpc) is 3.24. The Bertz CT molecular complexity index is 740.